The van der Waals surface area contributed by atoms with Crippen LogP contribution in [-0.2, 0) is 18.9 Å². The molecule has 3 aromatic rings. The number of benzene rings is 1. The van der Waals surface area contributed by atoms with Gasteiger partial charge < -0.3 is 5.32 Å². The number of hydrogen-bond acceptors (Lipinski definition) is 4. The third kappa shape index (κ3) is 3.60. The lowest BCUT2D eigenvalue weighted by atomic mass is 10.0. The van der Waals surface area contributed by atoms with Crippen molar-refractivity contribution in [1.82, 2.24) is 25.1 Å². The summed E-state index contributed by atoms with van der Waals surface area (Å²) in [4.78, 5) is 19.6. The van der Waals surface area contributed by atoms with E-state index in [0.29, 0.717) is 31.3 Å². The van der Waals surface area contributed by atoms with E-state index in [0.717, 1.165) is 6.20 Å². The van der Waals surface area contributed by atoms with Crippen LogP contribution in [0.1, 0.15) is 21.6 Å². The zero-order chi connectivity index (χ0) is 21.7. The van der Waals surface area contributed by atoms with Crippen LogP contribution in [0.2, 0.25) is 0 Å². The number of hydrogen-bond donors (Lipinski definition) is 1. The fraction of sp³-hybridized carbons (Fsp3) is 0.222. The van der Waals surface area contributed by atoms with Gasteiger partial charge in [-0.05, 0) is 30.3 Å². The van der Waals surface area contributed by atoms with Crippen LogP contribution in [0, 0.1) is 0 Å². The van der Waals surface area contributed by atoms with Crippen LogP contribution in [0.15, 0.2) is 36.5 Å². The molecule has 1 aliphatic heterocycles. The van der Waals surface area contributed by atoms with Gasteiger partial charge in [0.2, 0.25) is 0 Å². The molecule has 1 N–H and O–H groups in total. The van der Waals surface area contributed by atoms with Crippen molar-refractivity contribution >= 4 is 5.91 Å². The topological polar surface area (TPSA) is 72.7 Å². The first-order chi connectivity index (χ1) is 14.0. The van der Waals surface area contributed by atoms with Gasteiger partial charge in [-0.1, -0.05) is 0 Å². The smallest absolute Gasteiger partial charge is 0.349 e. The number of nitrogens with one attached hydrogen (secondary N) is 1. The molecule has 0 fully saturated rings. The molecular weight excluding hydrogens is 416 g/mol. The average Bonchev–Trinajstić information content (AvgIpc) is 3.12. The highest BCUT2D eigenvalue weighted by Gasteiger charge is 2.38. The minimum absolute atomic E-state index is 0.0697. The highest BCUT2D eigenvalue weighted by atomic mass is 19.4. The molecule has 156 valence electrons. The normalized spacial score (nSPS) is 14.4. The monoisotopic (exact) mass is 427 g/mol. The van der Waals surface area contributed by atoms with Crippen molar-refractivity contribution in [1.29, 1.82) is 0 Å². The standard InChI is InChI=1S/C18H11F6N5O/c19-17(20,21)9-1-2-11(18(22,23)24)10(7-9)15-25-4-3-12(27-15)13-8-14-16(30)26-5-6-29(14)28-13/h1-4,7-8H,5-6H2,(H,26,30). The Labute approximate surface area is 164 Å². The third-order valence-corrected chi connectivity index (χ3v) is 4.43. The van der Waals surface area contributed by atoms with Crippen molar-refractivity contribution in [3.63, 3.8) is 0 Å². The second-order valence-electron chi connectivity index (χ2n) is 6.42. The highest BCUT2D eigenvalue weighted by Crippen LogP contribution is 2.40. The second kappa shape index (κ2) is 6.82. The molecule has 0 atom stereocenters. The number of fused-ring (bicyclic) bond motifs is 1. The van der Waals surface area contributed by atoms with E-state index in [4.69, 9.17) is 0 Å². The predicted molar refractivity (Wildman–Crippen MR) is 91.0 cm³/mol. The van der Waals surface area contributed by atoms with E-state index in [-0.39, 0.29) is 23.0 Å². The average molecular weight is 427 g/mol. The first kappa shape index (κ1) is 19.9. The molecule has 2 aromatic heterocycles. The SMILES string of the molecule is O=C1NCCn2nc(-c3ccnc(-c4cc(C(F)(F)F)ccc4C(F)(F)F)n3)cc21. The van der Waals surface area contributed by atoms with Gasteiger partial charge in [0.25, 0.3) is 5.91 Å². The molecule has 30 heavy (non-hydrogen) atoms. The maximum Gasteiger partial charge on any atom is 0.417 e. The van der Waals surface area contributed by atoms with Gasteiger partial charge in [-0.25, -0.2) is 9.97 Å². The van der Waals surface area contributed by atoms with Gasteiger partial charge in [0, 0.05) is 18.3 Å². The van der Waals surface area contributed by atoms with Crippen molar-refractivity contribution in [2.24, 2.45) is 0 Å². The summed E-state index contributed by atoms with van der Waals surface area (Å²) in [5.74, 6) is -0.909. The summed E-state index contributed by atoms with van der Waals surface area (Å²) in [6, 6.07) is 3.83. The lowest BCUT2D eigenvalue weighted by Crippen LogP contribution is -2.35. The molecule has 4 rings (SSSR count). The van der Waals surface area contributed by atoms with Crippen LogP contribution in [0.25, 0.3) is 22.8 Å². The Bertz CT molecular complexity index is 1130. The van der Waals surface area contributed by atoms with Gasteiger partial charge in [-0.3, -0.25) is 9.48 Å². The van der Waals surface area contributed by atoms with Crippen molar-refractivity contribution in [3.8, 4) is 22.8 Å². The van der Waals surface area contributed by atoms with E-state index in [9.17, 15) is 31.1 Å². The lowest BCUT2D eigenvalue weighted by molar-refractivity contribution is -0.141. The Balaban J connectivity index is 1.84. The summed E-state index contributed by atoms with van der Waals surface area (Å²) in [5, 5.41) is 6.82. The molecule has 0 unspecified atom stereocenters. The summed E-state index contributed by atoms with van der Waals surface area (Å²) in [6.07, 6.45) is -8.63. The first-order valence-corrected chi connectivity index (χ1v) is 8.52. The number of carbonyl (C=O) groups excluding carboxylic acids is 1. The van der Waals surface area contributed by atoms with Gasteiger partial charge in [0.1, 0.15) is 11.4 Å². The summed E-state index contributed by atoms with van der Waals surface area (Å²) in [7, 11) is 0. The van der Waals surface area contributed by atoms with E-state index < -0.39 is 34.9 Å². The molecule has 1 aliphatic rings. The number of aromatic nitrogens is 4. The van der Waals surface area contributed by atoms with Gasteiger partial charge in [0.15, 0.2) is 5.82 Å². The molecule has 12 heteroatoms. The molecule has 0 bridgehead atoms. The van der Waals surface area contributed by atoms with Crippen molar-refractivity contribution in [2.45, 2.75) is 18.9 Å². The number of carbonyl (C=O) groups is 1. The number of rotatable bonds is 2. The van der Waals surface area contributed by atoms with Gasteiger partial charge in [-0.2, -0.15) is 31.4 Å². The number of halogens is 6. The van der Waals surface area contributed by atoms with E-state index in [1.807, 2.05) is 0 Å². The Kier molecular flexibility index (Phi) is 4.51. The molecule has 1 aromatic carbocycles. The van der Waals surface area contributed by atoms with Crippen molar-refractivity contribution in [2.75, 3.05) is 6.54 Å². The van der Waals surface area contributed by atoms with Crippen molar-refractivity contribution in [3.05, 3.63) is 53.3 Å². The van der Waals surface area contributed by atoms with Crippen molar-refractivity contribution < 1.29 is 31.1 Å². The van der Waals surface area contributed by atoms with Crippen LogP contribution in [-0.4, -0.2) is 32.2 Å². The van der Waals surface area contributed by atoms with Crippen LogP contribution in [0.4, 0.5) is 26.3 Å². The Morgan fingerprint density at radius 2 is 1.73 bits per heavy atom. The van der Waals surface area contributed by atoms with E-state index >= 15 is 0 Å². The zero-order valence-corrected chi connectivity index (χ0v) is 14.8. The second-order valence-corrected chi connectivity index (χ2v) is 6.42. The number of alkyl halides is 6. The summed E-state index contributed by atoms with van der Waals surface area (Å²) in [6.45, 7) is 0.756. The molecule has 0 spiro atoms. The summed E-state index contributed by atoms with van der Waals surface area (Å²) >= 11 is 0. The Morgan fingerprint density at radius 3 is 2.40 bits per heavy atom. The fourth-order valence-electron chi connectivity index (χ4n) is 3.04. The molecule has 3 heterocycles. The Morgan fingerprint density at radius 1 is 0.967 bits per heavy atom. The summed E-state index contributed by atoms with van der Waals surface area (Å²) < 4.78 is 80.7. The van der Waals surface area contributed by atoms with Gasteiger partial charge in [-0.15, -0.1) is 0 Å². The first-order valence-electron chi connectivity index (χ1n) is 8.52. The van der Waals surface area contributed by atoms with Crippen LogP contribution < -0.4 is 5.32 Å². The number of amides is 1. The molecule has 0 saturated heterocycles. The summed E-state index contributed by atoms with van der Waals surface area (Å²) in [5.41, 5.74) is -2.86. The minimum atomic E-state index is -4.91. The largest absolute Gasteiger partial charge is 0.417 e. The molecule has 0 aliphatic carbocycles. The molecule has 1 amide bonds. The molecule has 6 nitrogen and oxygen atoms in total. The maximum atomic E-state index is 13.4. The Hall–Kier alpha value is -3.44. The predicted octanol–water partition coefficient (Wildman–Crippen LogP) is 3.79. The van der Waals surface area contributed by atoms with E-state index in [2.05, 4.69) is 20.4 Å². The number of nitrogens with zero attached hydrogens (tertiary/aromatic N) is 4. The molecular formula is C18H11F6N5O. The third-order valence-electron chi connectivity index (χ3n) is 4.43. The van der Waals surface area contributed by atoms with Gasteiger partial charge in [0.05, 0.1) is 23.4 Å². The fourth-order valence-corrected chi connectivity index (χ4v) is 3.04. The molecule has 0 saturated carbocycles. The zero-order valence-electron chi connectivity index (χ0n) is 14.8. The van der Waals surface area contributed by atoms with Crippen LogP contribution >= 0.6 is 0 Å². The molecule has 0 radical (unpaired) electrons. The van der Waals surface area contributed by atoms with Crippen LogP contribution in [0.5, 0.6) is 0 Å². The maximum absolute atomic E-state index is 13.4. The van der Waals surface area contributed by atoms with E-state index in [1.165, 1.54) is 16.8 Å². The van der Waals surface area contributed by atoms with Gasteiger partial charge >= 0.3 is 12.4 Å². The van der Waals surface area contributed by atoms with E-state index in [1.54, 1.807) is 0 Å². The minimum Gasteiger partial charge on any atom is -0.349 e. The lowest BCUT2D eigenvalue weighted by Gasteiger charge is -2.15. The highest BCUT2D eigenvalue weighted by molar-refractivity contribution is 5.94. The quantitative estimate of drug-likeness (QED) is 0.632. The van der Waals surface area contributed by atoms with Crippen LogP contribution in [0.3, 0.4) is 0 Å².